The molecular weight excluding hydrogens is 370 g/mol. The summed E-state index contributed by atoms with van der Waals surface area (Å²) in [6.45, 7) is 8.60. The number of carbonyl (C=O) groups excluding carboxylic acids is 1. The van der Waals surface area contributed by atoms with Crippen LogP contribution in [0.1, 0.15) is 50.3 Å². The first-order valence-corrected chi connectivity index (χ1v) is 11.7. The van der Waals surface area contributed by atoms with Gasteiger partial charge in [0.05, 0.1) is 0 Å². The molecular formula is C21H37N5OS. The molecule has 3 rings (SSSR count). The zero-order valence-corrected chi connectivity index (χ0v) is 18.6. The number of carbonyl (C=O) groups is 1. The predicted molar refractivity (Wildman–Crippen MR) is 117 cm³/mol. The molecule has 0 spiro atoms. The van der Waals surface area contributed by atoms with Crippen LogP contribution in [0.4, 0.5) is 5.13 Å². The lowest BCUT2D eigenvalue weighted by molar-refractivity contribution is -0.121. The topological polar surface area (TPSA) is 51.7 Å². The average molecular weight is 408 g/mol. The van der Waals surface area contributed by atoms with Gasteiger partial charge in [-0.15, -0.1) is 11.3 Å². The molecule has 0 aromatic carbocycles. The lowest BCUT2D eigenvalue weighted by Crippen LogP contribution is -2.40. The number of likely N-dealkylation sites (N-methyl/N-ethyl adjacent to an activating group) is 1. The number of amides is 1. The SMILES string of the molecule is CCN1CCC[C@H]1CNC(=O)CCC1CCN(Cc2cnc(N(C)C)s2)CC1. The maximum Gasteiger partial charge on any atom is 0.220 e. The van der Waals surface area contributed by atoms with Crippen LogP contribution < -0.4 is 10.2 Å². The lowest BCUT2D eigenvalue weighted by atomic mass is 9.92. The molecule has 1 N–H and O–H groups in total. The Hall–Kier alpha value is -1.18. The average Bonchev–Trinajstić information content (AvgIpc) is 3.35. The molecule has 0 aliphatic carbocycles. The summed E-state index contributed by atoms with van der Waals surface area (Å²) in [7, 11) is 4.08. The number of nitrogens with zero attached hydrogens (tertiary/aromatic N) is 4. The van der Waals surface area contributed by atoms with Crippen LogP contribution in [-0.2, 0) is 11.3 Å². The van der Waals surface area contributed by atoms with Gasteiger partial charge in [-0.2, -0.15) is 0 Å². The quantitative estimate of drug-likeness (QED) is 0.682. The third-order valence-electron chi connectivity index (χ3n) is 6.23. The Bertz CT molecular complexity index is 612. The van der Waals surface area contributed by atoms with Crippen LogP contribution in [0.5, 0.6) is 0 Å². The molecule has 2 fully saturated rings. The second kappa shape index (κ2) is 10.6. The van der Waals surface area contributed by atoms with Crippen molar-refractivity contribution in [1.29, 1.82) is 0 Å². The highest BCUT2D eigenvalue weighted by Gasteiger charge is 2.24. The van der Waals surface area contributed by atoms with Gasteiger partial charge in [-0.1, -0.05) is 6.92 Å². The fourth-order valence-corrected chi connectivity index (χ4v) is 5.30. The van der Waals surface area contributed by atoms with E-state index in [0.717, 1.165) is 44.3 Å². The first-order valence-electron chi connectivity index (χ1n) is 10.9. The van der Waals surface area contributed by atoms with Crippen molar-refractivity contribution in [3.05, 3.63) is 11.1 Å². The van der Waals surface area contributed by atoms with Gasteiger partial charge in [0.2, 0.25) is 5.91 Å². The summed E-state index contributed by atoms with van der Waals surface area (Å²) in [5, 5.41) is 4.26. The number of anilines is 1. The van der Waals surface area contributed by atoms with E-state index in [-0.39, 0.29) is 5.91 Å². The van der Waals surface area contributed by atoms with Crippen LogP contribution in [0.2, 0.25) is 0 Å². The van der Waals surface area contributed by atoms with Gasteiger partial charge >= 0.3 is 0 Å². The first kappa shape index (κ1) is 21.5. The van der Waals surface area contributed by atoms with Crippen LogP contribution in [0.25, 0.3) is 0 Å². The highest BCUT2D eigenvalue weighted by molar-refractivity contribution is 7.15. The van der Waals surface area contributed by atoms with Crippen LogP contribution in [0.15, 0.2) is 6.20 Å². The predicted octanol–water partition coefficient (Wildman–Crippen LogP) is 2.80. The molecule has 3 heterocycles. The molecule has 28 heavy (non-hydrogen) atoms. The van der Waals surface area contributed by atoms with E-state index in [4.69, 9.17) is 0 Å². The molecule has 2 saturated heterocycles. The molecule has 1 atom stereocenters. The van der Waals surface area contributed by atoms with Crippen molar-refractivity contribution in [2.24, 2.45) is 5.92 Å². The van der Waals surface area contributed by atoms with E-state index in [2.05, 4.69) is 31.9 Å². The summed E-state index contributed by atoms with van der Waals surface area (Å²) in [4.78, 5) is 25.1. The minimum Gasteiger partial charge on any atom is -0.355 e. The van der Waals surface area contributed by atoms with E-state index < -0.39 is 0 Å². The maximum atomic E-state index is 12.3. The second-order valence-electron chi connectivity index (χ2n) is 8.49. The molecule has 0 saturated carbocycles. The van der Waals surface area contributed by atoms with Crippen molar-refractivity contribution in [2.45, 2.75) is 58.0 Å². The standard InChI is InChI=1S/C21H37N5OS/c1-4-26-11-5-6-18(26)14-22-20(27)8-7-17-9-12-25(13-10-17)16-19-15-23-21(28-19)24(2)3/h15,17-18H,4-14,16H2,1-3H3,(H,22,27)/t18-/m0/s1. The minimum atomic E-state index is 0.242. The number of hydrogen-bond acceptors (Lipinski definition) is 6. The Kier molecular flexibility index (Phi) is 8.11. The molecule has 0 bridgehead atoms. The highest BCUT2D eigenvalue weighted by atomic mass is 32.1. The summed E-state index contributed by atoms with van der Waals surface area (Å²) in [5.41, 5.74) is 0. The largest absolute Gasteiger partial charge is 0.355 e. The van der Waals surface area contributed by atoms with Gasteiger partial charge in [-0.05, 0) is 64.2 Å². The highest BCUT2D eigenvalue weighted by Crippen LogP contribution is 2.26. The van der Waals surface area contributed by atoms with Crippen molar-refractivity contribution < 1.29 is 4.79 Å². The number of piperidine rings is 1. The fourth-order valence-electron chi connectivity index (χ4n) is 4.43. The van der Waals surface area contributed by atoms with E-state index in [1.807, 2.05) is 20.3 Å². The van der Waals surface area contributed by atoms with Crippen molar-refractivity contribution in [1.82, 2.24) is 20.1 Å². The van der Waals surface area contributed by atoms with Crippen LogP contribution in [0, 0.1) is 5.92 Å². The Balaban J connectivity index is 1.30. The molecule has 0 unspecified atom stereocenters. The third-order valence-corrected chi connectivity index (χ3v) is 7.38. The number of nitrogens with one attached hydrogen (secondary N) is 1. The van der Waals surface area contributed by atoms with Gasteiger partial charge in [-0.25, -0.2) is 4.98 Å². The van der Waals surface area contributed by atoms with Crippen LogP contribution >= 0.6 is 11.3 Å². The molecule has 2 aliphatic heterocycles. The van der Waals surface area contributed by atoms with E-state index in [9.17, 15) is 4.79 Å². The Morgan fingerprint density at radius 3 is 2.75 bits per heavy atom. The summed E-state index contributed by atoms with van der Waals surface area (Å²) >= 11 is 1.78. The van der Waals surface area contributed by atoms with Crippen molar-refractivity contribution >= 4 is 22.4 Å². The smallest absolute Gasteiger partial charge is 0.220 e. The van der Waals surface area contributed by atoms with Gasteiger partial charge < -0.3 is 10.2 Å². The van der Waals surface area contributed by atoms with Crippen molar-refractivity contribution in [3.8, 4) is 0 Å². The Morgan fingerprint density at radius 2 is 2.07 bits per heavy atom. The van der Waals surface area contributed by atoms with Gasteiger partial charge in [0.15, 0.2) is 5.13 Å². The van der Waals surface area contributed by atoms with Crippen LogP contribution in [0.3, 0.4) is 0 Å². The Morgan fingerprint density at radius 1 is 1.29 bits per heavy atom. The molecule has 0 radical (unpaired) electrons. The number of hydrogen-bond donors (Lipinski definition) is 1. The molecule has 158 valence electrons. The van der Waals surface area contributed by atoms with E-state index in [0.29, 0.717) is 18.4 Å². The third kappa shape index (κ3) is 6.16. The Labute approximate surface area is 174 Å². The summed E-state index contributed by atoms with van der Waals surface area (Å²) < 4.78 is 0. The number of rotatable bonds is 9. The van der Waals surface area contributed by atoms with Gasteiger partial charge in [0.1, 0.15) is 0 Å². The zero-order chi connectivity index (χ0) is 19.9. The van der Waals surface area contributed by atoms with E-state index in [1.165, 1.54) is 37.1 Å². The molecule has 1 aromatic rings. The summed E-state index contributed by atoms with van der Waals surface area (Å²) in [6, 6.07) is 0.553. The molecule has 6 nitrogen and oxygen atoms in total. The van der Waals surface area contributed by atoms with Crippen molar-refractivity contribution in [2.75, 3.05) is 51.7 Å². The van der Waals surface area contributed by atoms with Crippen LogP contribution in [-0.4, -0.2) is 73.6 Å². The maximum absolute atomic E-state index is 12.3. The van der Waals surface area contributed by atoms with Gasteiger partial charge in [0.25, 0.3) is 0 Å². The van der Waals surface area contributed by atoms with Gasteiger partial charge in [0, 0.05) is 50.7 Å². The van der Waals surface area contributed by atoms with Gasteiger partial charge in [-0.3, -0.25) is 14.6 Å². The normalized spacial score (nSPS) is 21.9. The lowest BCUT2D eigenvalue weighted by Gasteiger charge is -2.31. The number of thiazole rings is 1. The van der Waals surface area contributed by atoms with E-state index >= 15 is 0 Å². The summed E-state index contributed by atoms with van der Waals surface area (Å²) in [6.07, 6.45) is 8.64. The zero-order valence-electron chi connectivity index (χ0n) is 17.8. The monoisotopic (exact) mass is 407 g/mol. The fraction of sp³-hybridized carbons (Fsp3) is 0.810. The first-order chi connectivity index (χ1) is 13.5. The minimum absolute atomic E-state index is 0.242. The summed E-state index contributed by atoms with van der Waals surface area (Å²) in [5.74, 6) is 0.936. The molecule has 2 aliphatic rings. The number of aromatic nitrogens is 1. The molecule has 7 heteroatoms. The number of likely N-dealkylation sites (tertiary alicyclic amines) is 2. The van der Waals surface area contributed by atoms with Crippen molar-refractivity contribution in [3.63, 3.8) is 0 Å². The molecule has 1 aromatic heterocycles. The molecule has 1 amide bonds. The van der Waals surface area contributed by atoms with E-state index in [1.54, 1.807) is 11.3 Å². The second-order valence-corrected chi connectivity index (χ2v) is 9.58.